The van der Waals surface area contributed by atoms with Crippen LogP contribution in [0.3, 0.4) is 0 Å². The summed E-state index contributed by atoms with van der Waals surface area (Å²) < 4.78 is 39.3. The van der Waals surface area contributed by atoms with Crippen molar-refractivity contribution in [1.29, 1.82) is 0 Å². The lowest BCUT2D eigenvalue weighted by molar-refractivity contribution is 0.0693. The summed E-state index contributed by atoms with van der Waals surface area (Å²) in [5.74, 6) is -3.59. The number of halogens is 2. The van der Waals surface area contributed by atoms with Crippen molar-refractivity contribution in [3.05, 3.63) is 59.2 Å². The van der Waals surface area contributed by atoms with Crippen molar-refractivity contribution in [2.45, 2.75) is 33.4 Å². The third kappa shape index (κ3) is 6.04. The number of anilines is 1. The van der Waals surface area contributed by atoms with Crippen LogP contribution in [0.25, 0.3) is 0 Å². The first-order chi connectivity index (χ1) is 15.8. The molecule has 2 aromatic heterocycles. The molecule has 2 amide bonds. The Hall–Kier alpha value is -3.54. The minimum atomic E-state index is -1.38. The van der Waals surface area contributed by atoms with E-state index in [0.29, 0.717) is 31.0 Å². The molecule has 12 heteroatoms. The number of carboxylic acid groups (broad SMARTS) is 1. The standard InChI is InChI=1S/C21H23F2N5O4S/c1-3-13-4-5-14(17(23)16(13)22)10-32-18-15(20(29)30)19(33-27-18)26-21(31)25-8-12(2)9-28-7-6-24-11-28/h4-7,11-12H,3,8-10H2,1-2H3,(H,29,30)(H2,25,26,31). The summed E-state index contributed by atoms with van der Waals surface area (Å²) in [7, 11) is 0. The van der Waals surface area contributed by atoms with E-state index < -0.39 is 30.2 Å². The van der Waals surface area contributed by atoms with Gasteiger partial charge in [-0.25, -0.2) is 23.4 Å². The van der Waals surface area contributed by atoms with Crippen molar-refractivity contribution in [3.63, 3.8) is 0 Å². The van der Waals surface area contributed by atoms with Gasteiger partial charge in [-0.15, -0.1) is 0 Å². The molecular weight excluding hydrogens is 456 g/mol. The molecule has 3 rings (SSSR count). The third-order valence-corrected chi connectivity index (χ3v) is 5.53. The van der Waals surface area contributed by atoms with Gasteiger partial charge in [0.05, 0.1) is 6.33 Å². The molecule has 0 spiro atoms. The van der Waals surface area contributed by atoms with Gasteiger partial charge < -0.3 is 19.7 Å². The zero-order chi connectivity index (χ0) is 24.0. The average Bonchev–Trinajstić information content (AvgIpc) is 3.43. The third-order valence-electron chi connectivity index (χ3n) is 4.78. The molecule has 3 N–H and O–H groups in total. The minimum absolute atomic E-state index is 0.0368. The lowest BCUT2D eigenvalue weighted by atomic mass is 10.1. The number of imidazole rings is 1. The summed E-state index contributed by atoms with van der Waals surface area (Å²) in [6, 6.07) is 2.22. The van der Waals surface area contributed by atoms with Crippen LogP contribution in [-0.2, 0) is 19.6 Å². The quantitative estimate of drug-likeness (QED) is 0.406. The van der Waals surface area contributed by atoms with Gasteiger partial charge in [-0.3, -0.25) is 5.32 Å². The Morgan fingerprint density at radius 1 is 1.27 bits per heavy atom. The van der Waals surface area contributed by atoms with Crippen molar-refractivity contribution < 1.29 is 28.2 Å². The van der Waals surface area contributed by atoms with Crippen molar-refractivity contribution in [2.75, 3.05) is 11.9 Å². The van der Waals surface area contributed by atoms with Gasteiger partial charge in [0.2, 0.25) is 5.88 Å². The molecule has 0 aliphatic heterocycles. The number of nitrogens with one attached hydrogen (secondary N) is 2. The second kappa shape index (κ2) is 10.9. The Morgan fingerprint density at radius 3 is 2.67 bits per heavy atom. The largest absolute Gasteiger partial charge is 0.477 e. The van der Waals surface area contributed by atoms with E-state index in [1.165, 1.54) is 12.1 Å². The highest BCUT2D eigenvalue weighted by molar-refractivity contribution is 7.11. The first-order valence-electron chi connectivity index (χ1n) is 10.1. The Kier molecular flexibility index (Phi) is 7.93. The molecule has 1 unspecified atom stereocenters. The summed E-state index contributed by atoms with van der Waals surface area (Å²) >= 11 is 0.711. The van der Waals surface area contributed by atoms with Crippen LogP contribution >= 0.6 is 11.5 Å². The molecule has 1 atom stereocenters. The summed E-state index contributed by atoms with van der Waals surface area (Å²) in [5, 5.41) is 14.6. The van der Waals surface area contributed by atoms with Gasteiger partial charge in [-0.05, 0) is 29.4 Å². The van der Waals surface area contributed by atoms with Crippen molar-refractivity contribution in [2.24, 2.45) is 5.92 Å². The topological polar surface area (TPSA) is 118 Å². The van der Waals surface area contributed by atoms with Crippen molar-refractivity contribution >= 4 is 28.5 Å². The SMILES string of the molecule is CCc1ccc(COc2nsc(NC(=O)NCC(C)Cn3ccnc3)c2C(=O)O)c(F)c1F. The van der Waals surface area contributed by atoms with Crippen LogP contribution in [0.1, 0.15) is 35.3 Å². The molecular formula is C21H23F2N5O4S. The highest BCUT2D eigenvalue weighted by Gasteiger charge is 2.24. The molecule has 0 aliphatic rings. The second-order valence-electron chi connectivity index (χ2n) is 7.35. The van der Waals surface area contributed by atoms with Gasteiger partial charge in [0.1, 0.15) is 11.6 Å². The predicted molar refractivity (Wildman–Crippen MR) is 118 cm³/mol. The summed E-state index contributed by atoms with van der Waals surface area (Å²) in [5.41, 5.74) is -0.214. The number of benzene rings is 1. The fourth-order valence-electron chi connectivity index (χ4n) is 3.04. The van der Waals surface area contributed by atoms with Gasteiger partial charge >= 0.3 is 12.0 Å². The second-order valence-corrected chi connectivity index (χ2v) is 8.12. The number of hydrogen-bond donors (Lipinski definition) is 3. The number of urea groups is 1. The number of rotatable bonds is 10. The number of carboxylic acids is 1. The van der Waals surface area contributed by atoms with E-state index in [2.05, 4.69) is 20.0 Å². The molecule has 0 fully saturated rings. The maximum atomic E-state index is 14.2. The lowest BCUT2D eigenvalue weighted by Gasteiger charge is -2.13. The van der Waals surface area contributed by atoms with Crippen LogP contribution in [0.5, 0.6) is 5.88 Å². The summed E-state index contributed by atoms with van der Waals surface area (Å²) in [6.07, 6.45) is 5.48. The number of aromatic nitrogens is 3. The zero-order valence-electron chi connectivity index (χ0n) is 18.0. The fourth-order valence-corrected chi connectivity index (χ4v) is 3.76. The number of amides is 2. The fraction of sp³-hybridized carbons (Fsp3) is 0.333. The summed E-state index contributed by atoms with van der Waals surface area (Å²) in [4.78, 5) is 27.9. The zero-order valence-corrected chi connectivity index (χ0v) is 18.8. The maximum Gasteiger partial charge on any atom is 0.344 e. The van der Waals surface area contributed by atoms with E-state index in [9.17, 15) is 23.5 Å². The Morgan fingerprint density at radius 2 is 2.00 bits per heavy atom. The van der Waals surface area contributed by atoms with E-state index >= 15 is 0 Å². The smallest absolute Gasteiger partial charge is 0.344 e. The summed E-state index contributed by atoms with van der Waals surface area (Å²) in [6.45, 7) is 4.21. The van der Waals surface area contributed by atoms with Gasteiger partial charge in [0.15, 0.2) is 17.2 Å². The maximum absolute atomic E-state index is 14.2. The van der Waals surface area contributed by atoms with E-state index in [-0.39, 0.29) is 33.5 Å². The number of carbonyl (C=O) groups excluding carboxylic acids is 1. The Balaban J connectivity index is 1.61. The number of aryl methyl sites for hydroxylation is 1. The van der Waals surface area contributed by atoms with E-state index in [0.717, 1.165) is 0 Å². The molecule has 33 heavy (non-hydrogen) atoms. The highest BCUT2D eigenvalue weighted by atomic mass is 32.1. The predicted octanol–water partition coefficient (Wildman–Crippen LogP) is 3.92. The lowest BCUT2D eigenvalue weighted by Crippen LogP contribution is -2.33. The molecule has 9 nitrogen and oxygen atoms in total. The van der Waals surface area contributed by atoms with Crippen LogP contribution in [0.4, 0.5) is 18.6 Å². The van der Waals surface area contributed by atoms with Crippen LogP contribution in [-0.4, -0.2) is 37.6 Å². The van der Waals surface area contributed by atoms with Gasteiger partial charge in [-0.1, -0.05) is 26.0 Å². The van der Waals surface area contributed by atoms with E-state index in [1.807, 2.05) is 17.7 Å². The van der Waals surface area contributed by atoms with E-state index in [4.69, 9.17) is 4.74 Å². The highest BCUT2D eigenvalue weighted by Crippen LogP contribution is 2.31. The van der Waals surface area contributed by atoms with E-state index in [1.54, 1.807) is 19.4 Å². The molecule has 0 saturated carbocycles. The Bertz CT molecular complexity index is 1120. The van der Waals surface area contributed by atoms with Gasteiger partial charge in [0.25, 0.3) is 0 Å². The number of ether oxygens (including phenoxy) is 1. The minimum Gasteiger partial charge on any atom is -0.477 e. The molecule has 0 radical (unpaired) electrons. The van der Waals surface area contributed by atoms with Crippen molar-refractivity contribution in [3.8, 4) is 5.88 Å². The molecule has 0 saturated heterocycles. The molecule has 0 aliphatic carbocycles. The molecule has 1 aromatic carbocycles. The number of carbonyl (C=O) groups is 2. The number of aromatic carboxylic acids is 1. The molecule has 2 heterocycles. The average molecular weight is 480 g/mol. The first kappa shape index (κ1) is 24.1. The normalized spacial score (nSPS) is 11.8. The van der Waals surface area contributed by atoms with Crippen LogP contribution in [0.15, 0.2) is 30.9 Å². The molecule has 176 valence electrons. The molecule has 0 bridgehead atoms. The van der Waals surface area contributed by atoms with Gasteiger partial charge in [-0.2, -0.15) is 4.37 Å². The van der Waals surface area contributed by atoms with Crippen LogP contribution in [0.2, 0.25) is 0 Å². The number of nitrogens with zero attached hydrogens (tertiary/aromatic N) is 3. The van der Waals surface area contributed by atoms with Crippen molar-refractivity contribution in [1.82, 2.24) is 19.2 Å². The van der Waals surface area contributed by atoms with Crippen LogP contribution in [0, 0.1) is 17.6 Å². The van der Waals surface area contributed by atoms with Gasteiger partial charge in [0, 0.05) is 31.0 Å². The first-order valence-corrected chi connectivity index (χ1v) is 10.9. The van der Waals surface area contributed by atoms with Crippen LogP contribution < -0.4 is 15.4 Å². The number of hydrogen-bond acceptors (Lipinski definition) is 6. The monoisotopic (exact) mass is 479 g/mol. The molecule has 3 aromatic rings. The Labute approximate surface area is 192 Å².